The highest BCUT2D eigenvalue weighted by Gasteiger charge is 2.38. The van der Waals surface area contributed by atoms with Crippen molar-refractivity contribution in [2.75, 3.05) is 6.61 Å². The Bertz CT molecular complexity index is 1350. The van der Waals surface area contributed by atoms with Gasteiger partial charge < -0.3 is 4.74 Å². The van der Waals surface area contributed by atoms with Gasteiger partial charge in [-0.15, -0.1) is 0 Å². The van der Waals surface area contributed by atoms with E-state index in [4.69, 9.17) is 4.74 Å². The minimum Gasteiger partial charge on any atom is -0.466 e. The molecule has 0 bridgehead atoms. The minimum absolute atomic E-state index is 0.0205. The highest BCUT2D eigenvalue weighted by molar-refractivity contribution is 9.10. The van der Waals surface area contributed by atoms with Crippen LogP contribution in [0.4, 0.5) is 17.6 Å². The second-order valence-corrected chi connectivity index (χ2v) is 10.2. The first-order valence-electron chi connectivity index (χ1n) is 12.8. The summed E-state index contributed by atoms with van der Waals surface area (Å²) in [5.41, 5.74) is -2.12. The van der Waals surface area contributed by atoms with Crippen molar-refractivity contribution in [2.24, 2.45) is 0 Å². The Balaban J connectivity index is 1.98. The number of hydrogen-bond donors (Lipinski definition) is 0. The van der Waals surface area contributed by atoms with Gasteiger partial charge in [0.2, 0.25) is 0 Å². The molecule has 0 radical (unpaired) electrons. The summed E-state index contributed by atoms with van der Waals surface area (Å²) in [6.45, 7) is 2.78. The van der Waals surface area contributed by atoms with Crippen LogP contribution >= 0.6 is 15.9 Å². The molecular formula is C28H31BrF4N2O4. The summed E-state index contributed by atoms with van der Waals surface area (Å²) >= 11 is 3.20. The van der Waals surface area contributed by atoms with Gasteiger partial charge in [0, 0.05) is 31.0 Å². The first-order chi connectivity index (χ1) is 18.5. The van der Waals surface area contributed by atoms with Crippen LogP contribution in [-0.2, 0) is 22.6 Å². The summed E-state index contributed by atoms with van der Waals surface area (Å²) in [6, 6.07) is 9.23. The Morgan fingerprint density at radius 2 is 1.85 bits per heavy atom. The van der Waals surface area contributed by atoms with Crippen molar-refractivity contribution >= 4 is 21.9 Å². The number of esters is 1. The largest absolute Gasteiger partial charge is 0.466 e. The Kier molecular flexibility index (Phi) is 10.5. The first kappa shape index (κ1) is 30.6. The number of carbonyl (C=O) groups excluding carboxylic acids is 1. The van der Waals surface area contributed by atoms with E-state index in [1.165, 1.54) is 6.92 Å². The molecule has 6 nitrogen and oxygen atoms in total. The minimum atomic E-state index is -4.79. The van der Waals surface area contributed by atoms with E-state index >= 15 is 0 Å². The molecule has 39 heavy (non-hydrogen) atoms. The fraction of sp³-hybridized carbons (Fsp3) is 0.464. The number of halogens is 5. The van der Waals surface area contributed by atoms with Crippen LogP contribution in [0.5, 0.6) is 0 Å². The highest BCUT2D eigenvalue weighted by atomic mass is 79.9. The zero-order valence-corrected chi connectivity index (χ0v) is 23.4. The number of aromatic nitrogens is 2. The average Bonchev–Trinajstić information content (AvgIpc) is 2.90. The fourth-order valence-electron chi connectivity index (χ4n) is 4.67. The number of benzene rings is 1. The number of rotatable bonds is 11. The Morgan fingerprint density at radius 1 is 1.15 bits per heavy atom. The summed E-state index contributed by atoms with van der Waals surface area (Å²) < 4.78 is 62.6. The third-order valence-electron chi connectivity index (χ3n) is 6.77. The first-order valence-corrected chi connectivity index (χ1v) is 13.6. The van der Waals surface area contributed by atoms with Gasteiger partial charge in [-0.25, -0.2) is 9.18 Å². The van der Waals surface area contributed by atoms with E-state index < -0.39 is 41.3 Å². The SMILES string of the molecule is CCOC(=O)CCCC[C@@H](Cn1c(=O)c(Br)c(C)n(CC2=C(C(F)(F)F)C=CCC2F)c1=O)c1ccccc1. The molecule has 1 aliphatic rings. The van der Waals surface area contributed by atoms with Crippen molar-refractivity contribution in [3.63, 3.8) is 0 Å². The lowest BCUT2D eigenvalue weighted by atomic mass is 9.93. The number of allylic oxidation sites excluding steroid dienone is 4. The maximum atomic E-state index is 14.7. The number of ether oxygens (including phenoxy) is 1. The van der Waals surface area contributed by atoms with E-state index in [2.05, 4.69) is 15.9 Å². The molecule has 212 valence electrons. The third-order valence-corrected chi connectivity index (χ3v) is 7.68. The molecule has 1 unspecified atom stereocenters. The number of alkyl halides is 4. The standard InChI is InChI=1S/C28H31BrF4N2O4/c1-3-39-24(36)15-8-7-12-20(19-10-5-4-6-11-19)16-35-26(37)25(29)18(2)34(27(35)38)17-21-22(28(31,32)33)13-9-14-23(21)30/h4-6,9-11,13,20,23H,3,7-8,12,14-17H2,1-2H3/t20-,23?/m0/s1. The molecule has 0 aliphatic heterocycles. The highest BCUT2D eigenvalue weighted by Crippen LogP contribution is 2.35. The molecular weight excluding hydrogens is 584 g/mol. The van der Waals surface area contributed by atoms with Crippen LogP contribution < -0.4 is 11.2 Å². The quantitative estimate of drug-likeness (QED) is 0.173. The second kappa shape index (κ2) is 13.4. The molecule has 0 N–H and O–H groups in total. The van der Waals surface area contributed by atoms with Crippen LogP contribution in [0.3, 0.4) is 0 Å². The van der Waals surface area contributed by atoms with Gasteiger partial charge in [0.05, 0.1) is 18.7 Å². The van der Waals surface area contributed by atoms with Crippen molar-refractivity contribution in [2.45, 2.75) is 77.3 Å². The van der Waals surface area contributed by atoms with E-state index in [0.29, 0.717) is 25.9 Å². The smallest absolute Gasteiger partial charge is 0.416 e. The molecule has 0 saturated heterocycles. The maximum Gasteiger partial charge on any atom is 0.416 e. The Labute approximate surface area is 232 Å². The predicted molar refractivity (Wildman–Crippen MR) is 143 cm³/mol. The second-order valence-electron chi connectivity index (χ2n) is 9.38. The molecule has 0 fully saturated rings. The van der Waals surface area contributed by atoms with Gasteiger partial charge in [-0.2, -0.15) is 13.2 Å². The lowest BCUT2D eigenvalue weighted by molar-refractivity contribution is -0.143. The van der Waals surface area contributed by atoms with Crippen molar-refractivity contribution in [1.29, 1.82) is 0 Å². The van der Waals surface area contributed by atoms with Crippen molar-refractivity contribution in [3.05, 3.63) is 90.2 Å². The number of unbranched alkanes of at least 4 members (excludes halogenated alkanes) is 1. The van der Waals surface area contributed by atoms with Crippen LogP contribution in [0.2, 0.25) is 0 Å². The van der Waals surface area contributed by atoms with Crippen molar-refractivity contribution in [3.8, 4) is 0 Å². The van der Waals surface area contributed by atoms with Gasteiger partial charge in [-0.05, 0) is 53.8 Å². The van der Waals surface area contributed by atoms with Crippen LogP contribution in [-0.4, -0.2) is 34.1 Å². The predicted octanol–water partition coefficient (Wildman–Crippen LogP) is 6.15. The van der Waals surface area contributed by atoms with E-state index in [1.54, 1.807) is 6.92 Å². The number of nitrogens with zero attached hydrogens (tertiary/aromatic N) is 2. The topological polar surface area (TPSA) is 70.3 Å². The van der Waals surface area contributed by atoms with Gasteiger partial charge in [0.1, 0.15) is 10.6 Å². The molecule has 2 aromatic rings. The third kappa shape index (κ3) is 7.58. The maximum absolute atomic E-state index is 14.7. The summed E-state index contributed by atoms with van der Waals surface area (Å²) in [6.07, 6.45) is -3.02. The molecule has 1 aliphatic carbocycles. The molecule has 2 atom stereocenters. The van der Waals surface area contributed by atoms with E-state index in [0.717, 1.165) is 26.8 Å². The molecule has 1 heterocycles. The molecule has 1 aromatic heterocycles. The van der Waals surface area contributed by atoms with Gasteiger partial charge in [-0.3, -0.25) is 18.7 Å². The van der Waals surface area contributed by atoms with Crippen LogP contribution in [0.15, 0.2) is 67.7 Å². The number of carbonyl (C=O) groups is 1. The van der Waals surface area contributed by atoms with Gasteiger partial charge >= 0.3 is 17.8 Å². The van der Waals surface area contributed by atoms with E-state index in [-0.39, 0.29) is 41.4 Å². The van der Waals surface area contributed by atoms with Gasteiger partial charge in [-0.1, -0.05) is 48.9 Å². The van der Waals surface area contributed by atoms with Gasteiger partial charge in [0.25, 0.3) is 5.56 Å². The molecule has 3 rings (SSSR count). The monoisotopic (exact) mass is 614 g/mol. The normalized spacial score (nSPS) is 16.4. The zero-order valence-electron chi connectivity index (χ0n) is 21.8. The van der Waals surface area contributed by atoms with Crippen LogP contribution in [0.1, 0.15) is 56.2 Å². The van der Waals surface area contributed by atoms with Crippen molar-refractivity contribution in [1.82, 2.24) is 9.13 Å². The summed E-state index contributed by atoms with van der Waals surface area (Å²) in [7, 11) is 0. The summed E-state index contributed by atoms with van der Waals surface area (Å²) in [5.74, 6) is -0.593. The fourth-order valence-corrected chi connectivity index (χ4v) is 5.10. The van der Waals surface area contributed by atoms with Crippen LogP contribution in [0, 0.1) is 6.92 Å². The Hall–Kier alpha value is -2.95. The molecule has 0 amide bonds. The van der Waals surface area contributed by atoms with Gasteiger partial charge in [0.15, 0.2) is 0 Å². The lowest BCUT2D eigenvalue weighted by Gasteiger charge is -2.24. The zero-order chi connectivity index (χ0) is 28.7. The van der Waals surface area contributed by atoms with E-state index in [1.807, 2.05) is 30.3 Å². The van der Waals surface area contributed by atoms with E-state index in [9.17, 15) is 31.9 Å². The molecule has 0 spiro atoms. The molecule has 1 aromatic carbocycles. The van der Waals surface area contributed by atoms with Crippen molar-refractivity contribution < 1.29 is 27.1 Å². The average molecular weight is 615 g/mol. The summed E-state index contributed by atoms with van der Waals surface area (Å²) in [5, 5.41) is 0. The lowest BCUT2D eigenvalue weighted by Crippen LogP contribution is -2.43. The Morgan fingerprint density at radius 3 is 2.49 bits per heavy atom. The number of hydrogen-bond acceptors (Lipinski definition) is 4. The molecule has 0 saturated carbocycles. The molecule has 11 heteroatoms. The summed E-state index contributed by atoms with van der Waals surface area (Å²) in [4.78, 5) is 38.4. The van der Waals surface area contributed by atoms with Crippen LogP contribution in [0.25, 0.3) is 0 Å².